The molecule has 0 amide bonds. The molecule has 0 atom stereocenters. The minimum Gasteiger partial charge on any atom is -0.419 e. The summed E-state index contributed by atoms with van der Waals surface area (Å²) in [5, 5.41) is 11.8. The molecule has 2 aromatic rings. The molecule has 0 bridgehead atoms. The van der Waals surface area contributed by atoms with Gasteiger partial charge in [0.1, 0.15) is 0 Å². The first-order valence-electron chi connectivity index (χ1n) is 5.49. The van der Waals surface area contributed by atoms with Gasteiger partial charge in [0.15, 0.2) is 0 Å². The third-order valence-electron chi connectivity index (χ3n) is 2.28. The summed E-state index contributed by atoms with van der Waals surface area (Å²) in [6.45, 7) is 5.46. The SMILES string of the molecule is CCNCc1nnc(-c2cc(C)cc(Cl)c2)o1. The first-order chi connectivity index (χ1) is 8.19. The van der Waals surface area contributed by atoms with E-state index < -0.39 is 0 Å². The summed E-state index contributed by atoms with van der Waals surface area (Å²) in [6.07, 6.45) is 0. The lowest BCUT2D eigenvalue weighted by molar-refractivity contribution is 0.482. The van der Waals surface area contributed by atoms with Crippen molar-refractivity contribution in [1.82, 2.24) is 15.5 Å². The van der Waals surface area contributed by atoms with Gasteiger partial charge < -0.3 is 9.73 Å². The Morgan fingerprint density at radius 2 is 2.12 bits per heavy atom. The molecule has 1 heterocycles. The lowest BCUT2D eigenvalue weighted by atomic mass is 10.1. The highest BCUT2D eigenvalue weighted by Gasteiger charge is 2.09. The first-order valence-corrected chi connectivity index (χ1v) is 5.87. The smallest absolute Gasteiger partial charge is 0.247 e. The van der Waals surface area contributed by atoms with Crippen LogP contribution in [0, 0.1) is 6.92 Å². The molecular formula is C12H14ClN3O. The Labute approximate surface area is 105 Å². The van der Waals surface area contributed by atoms with Gasteiger partial charge in [0.2, 0.25) is 11.8 Å². The quantitative estimate of drug-likeness (QED) is 0.908. The van der Waals surface area contributed by atoms with Gasteiger partial charge in [0, 0.05) is 10.6 Å². The van der Waals surface area contributed by atoms with Gasteiger partial charge in [-0.05, 0) is 37.2 Å². The Bertz CT molecular complexity index is 490. The van der Waals surface area contributed by atoms with Crippen molar-refractivity contribution in [3.8, 4) is 11.5 Å². The maximum atomic E-state index is 5.99. The van der Waals surface area contributed by atoms with Crippen LogP contribution in [0.1, 0.15) is 18.4 Å². The highest BCUT2D eigenvalue weighted by molar-refractivity contribution is 6.30. The highest BCUT2D eigenvalue weighted by atomic mass is 35.5. The van der Waals surface area contributed by atoms with Crippen LogP contribution in [0.15, 0.2) is 22.6 Å². The van der Waals surface area contributed by atoms with E-state index in [0.29, 0.717) is 23.3 Å². The van der Waals surface area contributed by atoms with Gasteiger partial charge in [-0.1, -0.05) is 18.5 Å². The molecule has 0 spiro atoms. The molecule has 1 N–H and O–H groups in total. The molecule has 0 aliphatic rings. The maximum Gasteiger partial charge on any atom is 0.247 e. The summed E-state index contributed by atoms with van der Waals surface area (Å²) < 4.78 is 5.54. The fourth-order valence-corrected chi connectivity index (χ4v) is 1.82. The van der Waals surface area contributed by atoms with E-state index in [0.717, 1.165) is 17.7 Å². The van der Waals surface area contributed by atoms with Crippen LogP contribution < -0.4 is 5.32 Å². The average Bonchev–Trinajstić information content (AvgIpc) is 2.73. The fraction of sp³-hybridized carbons (Fsp3) is 0.333. The number of halogens is 1. The Balaban J connectivity index is 2.24. The third kappa shape index (κ3) is 3.05. The molecule has 1 aromatic heterocycles. The monoisotopic (exact) mass is 251 g/mol. The Morgan fingerprint density at radius 1 is 1.29 bits per heavy atom. The van der Waals surface area contributed by atoms with Crippen molar-refractivity contribution >= 4 is 11.6 Å². The maximum absolute atomic E-state index is 5.99. The summed E-state index contributed by atoms with van der Waals surface area (Å²) in [6, 6.07) is 5.68. The van der Waals surface area contributed by atoms with Crippen molar-refractivity contribution in [2.45, 2.75) is 20.4 Å². The van der Waals surface area contributed by atoms with E-state index >= 15 is 0 Å². The lowest BCUT2D eigenvalue weighted by Crippen LogP contribution is -2.11. The van der Waals surface area contributed by atoms with Crippen LogP contribution in [0.2, 0.25) is 5.02 Å². The van der Waals surface area contributed by atoms with E-state index in [1.54, 1.807) is 0 Å². The van der Waals surface area contributed by atoms with Crippen molar-refractivity contribution in [3.63, 3.8) is 0 Å². The number of hydrogen-bond donors (Lipinski definition) is 1. The minimum atomic E-state index is 0.503. The second-order valence-corrected chi connectivity index (χ2v) is 4.23. The van der Waals surface area contributed by atoms with Crippen LogP contribution >= 0.6 is 11.6 Å². The summed E-state index contributed by atoms with van der Waals surface area (Å²) in [4.78, 5) is 0. The predicted octanol–water partition coefficient (Wildman–Crippen LogP) is 2.81. The molecule has 0 aliphatic heterocycles. The zero-order valence-corrected chi connectivity index (χ0v) is 10.6. The molecule has 0 saturated heterocycles. The number of hydrogen-bond acceptors (Lipinski definition) is 4. The number of benzene rings is 1. The van der Waals surface area contributed by atoms with E-state index in [1.165, 1.54) is 0 Å². The largest absolute Gasteiger partial charge is 0.419 e. The second-order valence-electron chi connectivity index (χ2n) is 3.80. The minimum absolute atomic E-state index is 0.503. The molecule has 0 fully saturated rings. The highest BCUT2D eigenvalue weighted by Crippen LogP contribution is 2.23. The van der Waals surface area contributed by atoms with E-state index in [9.17, 15) is 0 Å². The third-order valence-corrected chi connectivity index (χ3v) is 2.50. The molecule has 90 valence electrons. The molecular weight excluding hydrogens is 238 g/mol. The van der Waals surface area contributed by atoms with E-state index in [2.05, 4.69) is 15.5 Å². The number of nitrogens with one attached hydrogen (secondary N) is 1. The van der Waals surface area contributed by atoms with Gasteiger partial charge in [-0.15, -0.1) is 10.2 Å². The van der Waals surface area contributed by atoms with Crippen LogP contribution in [-0.4, -0.2) is 16.7 Å². The Hall–Kier alpha value is -1.39. The van der Waals surface area contributed by atoms with E-state index in [1.807, 2.05) is 32.0 Å². The lowest BCUT2D eigenvalue weighted by Gasteiger charge is -1.99. The molecule has 4 nitrogen and oxygen atoms in total. The van der Waals surface area contributed by atoms with Gasteiger partial charge in [0.05, 0.1) is 6.54 Å². The second kappa shape index (κ2) is 5.29. The Kier molecular flexibility index (Phi) is 3.76. The van der Waals surface area contributed by atoms with Gasteiger partial charge >= 0.3 is 0 Å². The van der Waals surface area contributed by atoms with E-state index in [4.69, 9.17) is 16.0 Å². The van der Waals surface area contributed by atoms with Crippen LogP contribution in [0.3, 0.4) is 0 Å². The van der Waals surface area contributed by atoms with Crippen molar-refractivity contribution < 1.29 is 4.42 Å². The number of aryl methyl sites for hydroxylation is 1. The van der Waals surface area contributed by atoms with Crippen LogP contribution in [-0.2, 0) is 6.54 Å². The van der Waals surface area contributed by atoms with Crippen molar-refractivity contribution in [2.24, 2.45) is 0 Å². The molecule has 5 heteroatoms. The summed E-state index contributed by atoms with van der Waals surface area (Å²) in [7, 11) is 0. The number of nitrogens with zero attached hydrogens (tertiary/aromatic N) is 2. The van der Waals surface area contributed by atoms with Crippen LogP contribution in [0.5, 0.6) is 0 Å². The fourth-order valence-electron chi connectivity index (χ4n) is 1.53. The first kappa shape index (κ1) is 12.1. The molecule has 2 rings (SSSR count). The zero-order valence-electron chi connectivity index (χ0n) is 9.83. The molecule has 0 saturated carbocycles. The topological polar surface area (TPSA) is 51.0 Å². The Morgan fingerprint density at radius 3 is 2.82 bits per heavy atom. The summed E-state index contributed by atoms with van der Waals surface area (Å²) in [5.41, 5.74) is 1.92. The summed E-state index contributed by atoms with van der Waals surface area (Å²) in [5.74, 6) is 1.09. The molecule has 1 aromatic carbocycles. The van der Waals surface area contributed by atoms with Gasteiger partial charge in [-0.25, -0.2) is 0 Å². The van der Waals surface area contributed by atoms with Crippen LogP contribution in [0.25, 0.3) is 11.5 Å². The molecule has 0 aliphatic carbocycles. The predicted molar refractivity (Wildman–Crippen MR) is 66.9 cm³/mol. The van der Waals surface area contributed by atoms with Crippen molar-refractivity contribution in [1.29, 1.82) is 0 Å². The van der Waals surface area contributed by atoms with Gasteiger partial charge in [-0.2, -0.15) is 0 Å². The van der Waals surface area contributed by atoms with Gasteiger partial charge in [-0.3, -0.25) is 0 Å². The number of aromatic nitrogens is 2. The standard InChI is InChI=1S/C12H14ClN3O/c1-3-14-7-11-15-16-12(17-11)9-4-8(2)5-10(13)6-9/h4-6,14H,3,7H2,1-2H3. The van der Waals surface area contributed by atoms with Crippen LogP contribution in [0.4, 0.5) is 0 Å². The normalized spacial score (nSPS) is 10.8. The van der Waals surface area contributed by atoms with Crippen molar-refractivity contribution in [2.75, 3.05) is 6.54 Å². The molecule has 0 radical (unpaired) electrons. The van der Waals surface area contributed by atoms with Gasteiger partial charge in [0.25, 0.3) is 0 Å². The summed E-state index contributed by atoms with van der Waals surface area (Å²) >= 11 is 5.99. The average molecular weight is 252 g/mol. The molecule has 17 heavy (non-hydrogen) atoms. The number of rotatable bonds is 4. The zero-order chi connectivity index (χ0) is 12.3. The molecule has 0 unspecified atom stereocenters. The van der Waals surface area contributed by atoms with E-state index in [-0.39, 0.29) is 0 Å². The van der Waals surface area contributed by atoms with Crippen molar-refractivity contribution in [3.05, 3.63) is 34.7 Å².